The van der Waals surface area contributed by atoms with Crippen LogP contribution in [0.3, 0.4) is 0 Å². The molecule has 21 heavy (non-hydrogen) atoms. The molecule has 0 aromatic carbocycles. The third kappa shape index (κ3) is 4.00. The zero-order valence-corrected chi connectivity index (χ0v) is 14.1. The quantitative estimate of drug-likeness (QED) is 0.628. The lowest BCUT2D eigenvalue weighted by Gasteiger charge is -2.45. The van der Waals surface area contributed by atoms with Crippen molar-refractivity contribution in [2.45, 2.75) is 90.1 Å². The first-order chi connectivity index (χ1) is 10.1. The van der Waals surface area contributed by atoms with E-state index in [0.29, 0.717) is 18.6 Å². The maximum Gasteiger partial charge on any atom is 0.326 e. The Morgan fingerprint density at radius 2 is 1.81 bits per heavy atom. The molecule has 0 bridgehead atoms. The van der Waals surface area contributed by atoms with Gasteiger partial charge in [-0.15, -0.1) is 0 Å². The molecule has 3 atom stereocenters. The van der Waals surface area contributed by atoms with Gasteiger partial charge in [0.25, 0.3) is 0 Å². The van der Waals surface area contributed by atoms with Crippen LogP contribution in [0.5, 0.6) is 0 Å². The van der Waals surface area contributed by atoms with Gasteiger partial charge in [0.05, 0.1) is 6.61 Å². The van der Waals surface area contributed by atoms with Gasteiger partial charge in [-0.05, 0) is 50.9 Å². The first-order valence-electron chi connectivity index (χ1n) is 9.03. The van der Waals surface area contributed by atoms with Crippen LogP contribution in [0.2, 0.25) is 0 Å². The molecule has 0 radical (unpaired) electrons. The molecular weight excluding hydrogens is 262 g/mol. The van der Waals surface area contributed by atoms with Gasteiger partial charge in [0.1, 0.15) is 5.54 Å². The second-order valence-electron chi connectivity index (χ2n) is 7.31. The molecule has 0 aromatic heterocycles. The summed E-state index contributed by atoms with van der Waals surface area (Å²) in [4.78, 5) is 12.7. The topological polar surface area (TPSA) is 38.3 Å². The van der Waals surface area contributed by atoms with E-state index in [2.05, 4.69) is 19.2 Å². The standard InChI is InChI=1S/C18H33NO2/c1-4-21-17(20)18(12-11-14(2)13-15(18)3)19-16-9-7-5-6-8-10-16/h14-16,19H,4-13H2,1-3H3. The van der Waals surface area contributed by atoms with E-state index in [0.717, 1.165) is 25.2 Å². The molecule has 1 N–H and O–H groups in total. The highest BCUT2D eigenvalue weighted by atomic mass is 16.5. The van der Waals surface area contributed by atoms with Gasteiger partial charge >= 0.3 is 5.97 Å². The Morgan fingerprint density at radius 3 is 2.38 bits per heavy atom. The number of hydrogen-bond acceptors (Lipinski definition) is 3. The Bertz CT molecular complexity index is 336. The first-order valence-corrected chi connectivity index (χ1v) is 9.03. The summed E-state index contributed by atoms with van der Waals surface area (Å²) in [6.45, 7) is 6.93. The predicted molar refractivity (Wildman–Crippen MR) is 86.2 cm³/mol. The van der Waals surface area contributed by atoms with Crippen LogP contribution in [0, 0.1) is 11.8 Å². The monoisotopic (exact) mass is 295 g/mol. The molecule has 0 aliphatic heterocycles. The molecule has 2 saturated carbocycles. The van der Waals surface area contributed by atoms with E-state index in [9.17, 15) is 4.79 Å². The molecule has 3 heteroatoms. The van der Waals surface area contributed by atoms with Crippen molar-refractivity contribution >= 4 is 5.97 Å². The van der Waals surface area contributed by atoms with Crippen LogP contribution in [0.15, 0.2) is 0 Å². The summed E-state index contributed by atoms with van der Waals surface area (Å²) < 4.78 is 5.46. The lowest BCUT2D eigenvalue weighted by molar-refractivity contribution is -0.156. The molecule has 3 unspecified atom stereocenters. The fraction of sp³-hybridized carbons (Fsp3) is 0.944. The average molecular weight is 295 g/mol. The van der Waals surface area contributed by atoms with E-state index in [1.54, 1.807) is 0 Å². The predicted octanol–water partition coefficient (Wildman–Crippen LogP) is 4.06. The third-order valence-electron chi connectivity index (χ3n) is 5.59. The van der Waals surface area contributed by atoms with Gasteiger partial charge in [0, 0.05) is 6.04 Å². The van der Waals surface area contributed by atoms with Crippen molar-refractivity contribution in [1.29, 1.82) is 0 Å². The summed E-state index contributed by atoms with van der Waals surface area (Å²) >= 11 is 0. The van der Waals surface area contributed by atoms with Gasteiger partial charge in [-0.3, -0.25) is 10.1 Å². The van der Waals surface area contributed by atoms with Crippen molar-refractivity contribution in [1.82, 2.24) is 5.32 Å². The van der Waals surface area contributed by atoms with Gasteiger partial charge in [-0.25, -0.2) is 0 Å². The summed E-state index contributed by atoms with van der Waals surface area (Å²) in [5.74, 6) is 1.08. The minimum Gasteiger partial charge on any atom is -0.465 e. The molecule has 2 fully saturated rings. The molecule has 2 rings (SSSR count). The van der Waals surface area contributed by atoms with Gasteiger partial charge in [-0.1, -0.05) is 39.5 Å². The Hall–Kier alpha value is -0.570. The van der Waals surface area contributed by atoms with E-state index in [1.807, 2.05) is 6.92 Å². The average Bonchev–Trinajstić information content (AvgIpc) is 2.71. The summed E-state index contributed by atoms with van der Waals surface area (Å²) in [7, 11) is 0. The van der Waals surface area contributed by atoms with Gasteiger partial charge in [-0.2, -0.15) is 0 Å². The molecule has 0 spiro atoms. The van der Waals surface area contributed by atoms with Crippen LogP contribution in [0.1, 0.15) is 78.6 Å². The third-order valence-corrected chi connectivity index (χ3v) is 5.59. The molecule has 0 heterocycles. The molecule has 0 amide bonds. The Kier molecular flexibility index (Phi) is 6.09. The van der Waals surface area contributed by atoms with E-state index in [4.69, 9.17) is 4.74 Å². The normalized spacial score (nSPS) is 35.2. The van der Waals surface area contributed by atoms with E-state index in [-0.39, 0.29) is 5.97 Å². The number of carbonyl (C=O) groups excluding carboxylic acids is 1. The minimum atomic E-state index is -0.433. The lowest BCUT2D eigenvalue weighted by Crippen LogP contribution is -2.62. The van der Waals surface area contributed by atoms with Crippen molar-refractivity contribution < 1.29 is 9.53 Å². The highest BCUT2D eigenvalue weighted by Gasteiger charge is 2.48. The van der Waals surface area contributed by atoms with Crippen molar-refractivity contribution in [3.63, 3.8) is 0 Å². The molecule has 3 nitrogen and oxygen atoms in total. The van der Waals surface area contributed by atoms with Crippen LogP contribution in [0.25, 0.3) is 0 Å². The maximum atomic E-state index is 12.7. The number of nitrogens with one attached hydrogen (secondary N) is 1. The highest BCUT2D eigenvalue weighted by Crippen LogP contribution is 2.39. The highest BCUT2D eigenvalue weighted by molar-refractivity contribution is 5.81. The molecule has 0 saturated heterocycles. The van der Waals surface area contributed by atoms with Crippen molar-refractivity contribution in [2.75, 3.05) is 6.61 Å². The SMILES string of the molecule is CCOC(=O)C1(NC2CCCCCC2)CCC(C)CC1C. The second-order valence-corrected chi connectivity index (χ2v) is 7.31. The number of esters is 1. The van der Waals surface area contributed by atoms with Crippen molar-refractivity contribution in [3.8, 4) is 0 Å². The van der Waals surface area contributed by atoms with Gasteiger partial charge < -0.3 is 4.74 Å². The van der Waals surface area contributed by atoms with Crippen LogP contribution >= 0.6 is 0 Å². The molecular formula is C18H33NO2. The molecule has 2 aliphatic rings. The van der Waals surface area contributed by atoms with E-state index in [1.165, 1.54) is 38.5 Å². The molecule has 122 valence electrons. The number of hydrogen-bond donors (Lipinski definition) is 1. The second kappa shape index (κ2) is 7.62. The summed E-state index contributed by atoms with van der Waals surface area (Å²) in [6.07, 6.45) is 10.9. The molecule has 0 aromatic rings. The van der Waals surface area contributed by atoms with Crippen LogP contribution in [-0.4, -0.2) is 24.2 Å². The Labute approximate surface area is 130 Å². The van der Waals surface area contributed by atoms with Crippen LogP contribution < -0.4 is 5.32 Å². The summed E-state index contributed by atoms with van der Waals surface area (Å²) in [6, 6.07) is 0.493. The van der Waals surface area contributed by atoms with Gasteiger partial charge in [0.2, 0.25) is 0 Å². The molecule has 2 aliphatic carbocycles. The van der Waals surface area contributed by atoms with Crippen LogP contribution in [0.4, 0.5) is 0 Å². The Morgan fingerprint density at radius 1 is 1.14 bits per heavy atom. The zero-order chi connectivity index (χ0) is 15.3. The fourth-order valence-corrected chi connectivity index (χ4v) is 4.27. The van der Waals surface area contributed by atoms with Crippen LogP contribution in [-0.2, 0) is 9.53 Å². The van der Waals surface area contributed by atoms with Crippen molar-refractivity contribution in [2.24, 2.45) is 11.8 Å². The zero-order valence-electron chi connectivity index (χ0n) is 14.1. The maximum absolute atomic E-state index is 12.7. The number of carbonyl (C=O) groups is 1. The summed E-state index contributed by atoms with van der Waals surface area (Å²) in [5, 5.41) is 3.79. The Balaban J connectivity index is 2.12. The first kappa shape index (κ1) is 16.8. The van der Waals surface area contributed by atoms with Crippen molar-refractivity contribution in [3.05, 3.63) is 0 Å². The lowest BCUT2D eigenvalue weighted by atomic mass is 9.69. The number of rotatable bonds is 4. The smallest absolute Gasteiger partial charge is 0.326 e. The summed E-state index contributed by atoms with van der Waals surface area (Å²) in [5.41, 5.74) is -0.433. The largest absolute Gasteiger partial charge is 0.465 e. The van der Waals surface area contributed by atoms with E-state index >= 15 is 0 Å². The minimum absolute atomic E-state index is 0.00588. The fourth-order valence-electron chi connectivity index (χ4n) is 4.27. The van der Waals surface area contributed by atoms with Gasteiger partial charge in [0.15, 0.2) is 0 Å². The number of ether oxygens (including phenoxy) is 1. The van der Waals surface area contributed by atoms with E-state index < -0.39 is 5.54 Å².